The molecule has 0 saturated heterocycles. The normalized spacial score (nSPS) is 13.3. The number of carbonyl (C=O) groups excluding carboxylic acids is 1. The summed E-state index contributed by atoms with van der Waals surface area (Å²) in [6, 6.07) is 5.93. The second-order valence-corrected chi connectivity index (χ2v) is 8.66. The Morgan fingerprint density at radius 3 is 2.96 bits per heavy atom. The molecule has 7 nitrogen and oxygen atoms in total. The number of thioether (sulfide) groups is 1. The highest BCUT2D eigenvalue weighted by molar-refractivity contribution is 8.00. The van der Waals surface area contributed by atoms with Crippen molar-refractivity contribution in [2.24, 2.45) is 0 Å². The summed E-state index contributed by atoms with van der Waals surface area (Å²) in [5.74, 6) is 0.658. The minimum absolute atomic E-state index is 0.0523. The van der Waals surface area contributed by atoms with Crippen LogP contribution in [0.4, 0.5) is 11.4 Å². The number of amides is 1. The Balaban J connectivity index is 1.52. The maximum atomic E-state index is 12.4. The number of carbonyl (C=O) groups is 1. The number of anilines is 1. The second-order valence-electron chi connectivity index (χ2n) is 6.61. The number of fused-ring (bicyclic) bond motifs is 3. The molecule has 9 heteroatoms. The summed E-state index contributed by atoms with van der Waals surface area (Å²) in [5.41, 5.74) is 1.70. The topological polar surface area (TPSA) is 98.0 Å². The standard InChI is InChI=1S/C19H18N4O3S2/c1-11-20-18(17-14-7-2-3-8-15(14)28-19(17)21-11)27-10-16(24)22-12-5-4-6-13(9-12)23(25)26/h4-6,9H,2-3,7-8,10H2,1H3,(H,22,24). The summed E-state index contributed by atoms with van der Waals surface area (Å²) in [6.45, 7) is 1.87. The lowest BCUT2D eigenvalue weighted by Crippen LogP contribution is -2.14. The van der Waals surface area contributed by atoms with Crippen molar-refractivity contribution in [3.63, 3.8) is 0 Å². The van der Waals surface area contributed by atoms with Crippen LogP contribution >= 0.6 is 23.1 Å². The van der Waals surface area contributed by atoms with Gasteiger partial charge < -0.3 is 5.32 Å². The second kappa shape index (κ2) is 7.84. The molecule has 0 unspecified atom stereocenters. The highest BCUT2D eigenvalue weighted by atomic mass is 32.2. The van der Waals surface area contributed by atoms with Gasteiger partial charge in [0.05, 0.1) is 10.7 Å². The van der Waals surface area contributed by atoms with E-state index < -0.39 is 4.92 Å². The third-order valence-electron chi connectivity index (χ3n) is 4.57. The van der Waals surface area contributed by atoms with Crippen molar-refractivity contribution in [2.45, 2.75) is 37.6 Å². The quantitative estimate of drug-likeness (QED) is 0.285. The molecule has 3 aromatic rings. The van der Waals surface area contributed by atoms with Crippen LogP contribution in [-0.4, -0.2) is 26.6 Å². The van der Waals surface area contributed by atoms with E-state index in [4.69, 9.17) is 0 Å². The van der Waals surface area contributed by atoms with E-state index in [0.29, 0.717) is 11.5 Å². The molecule has 0 radical (unpaired) electrons. The summed E-state index contributed by atoms with van der Waals surface area (Å²) in [7, 11) is 0. The van der Waals surface area contributed by atoms with Crippen LogP contribution in [0.5, 0.6) is 0 Å². The minimum atomic E-state index is -0.482. The summed E-state index contributed by atoms with van der Waals surface area (Å²) in [5, 5.41) is 15.5. The minimum Gasteiger partial charge on any atom is -0.325 e. The van der Waals surface area contributed by atoms with Crippen LogP contribution in [0, 0.1) is 17.0 Å². The number of rotatable bonds is 5. The van der Waals surface area contributed by atoms with Gasteiger partial charge in [0.2, 0.25) is 5.91 Å². The molecule has 1 aliphatic rings. The molecule has 1 aromatic carbocycles. The van der Waals surface area contributed by atoms with Crippen molar-refractivity contribution >= 4 is 50.6 Å². The maximum absolute atomic E-state index is 12.4. The van der Waals surface area contributed by atoms with Gasteiger partial charge in [0.1, 0.15) is 15.7 Å². The average Bonchev–Trinajstić information content (AvgIpc) is 3.04. The van der Waals surface area contributed by atoms with Crippen molar-refractivity contribution < 1.29 is 9.72 Å². The summed E-state index contributed by atoms with van der Waals surface area (Å²) < 4.78 is 0. The number of nitrogens with zero attached hydrogens (tertiary/aromatic N) is 3. The fourth-order valence-corrected chi connectivity index (χ4v) is 5.63. The summed E-state index contributed by atoms with van der Waals surface area (Å²) in [4.78, 5) is 34.3. The van der Waals surface area contributed by atoms with Crippen LogP contribution in [0.15, 0.2) is 29.3 Å². The Bertz CT molecular complexity index is 1080. The van der Waals surface area contributed by atoms with E-state index in [1.54, 1.807) is 23.5 Å². The van der Waals surface area contributed by atoms with Gasteiger partial charge in [0.25, 0.3) is 5.69 Å². The van der Waals surface area contributed by atoms with Crippen molar-refractivity contribution in [1.29, 1.82) is 0 Å². The smallest absolute Gasteiger partial charge is 0.271 e. The Morgan fingerprint density at radius 1 is 1.32 bits per heavy atom. The van der Waals surface area contributed by atoms with E-state index in [-0.39, 0.29) is 17.3 Å². The molecule has 0 saturated carbocycles. The number of thiophene rings is 1. The Kier molecular flexibility index (Phi) is 5.27. The first-order chi connectivity index (χ1) is 13.5. The van der Waals surface area contributed by atoms with E-state index in [0.717, 1.165) is 28.1 Å². The first kappa shape index (κ1) is 18.8. The zero-order chi connectivity index (χ0) is 19.7. The lowest BCUT2D eigenvalue weighted by atomic mass is 9.97. The van der Waals surface area contributed by atoms with Gasteiger partial charge in [0.15, 0.2) is 0 Å². The van der Waals surface area contributed by atoms with Crippen LogP contribution < -0.4 is 5.32 Å². The lowest BCUT2D eigenvalue weighted by molar-refractivity contribution is -0.384. The number of hydrogen-bond acceptors (Lipinski definition) is 7. The van der Waals surface area contributed by atoms with Crippen molar-refractivity contribution in [3.8, 4) is 0 Å². The SMILES string of the molecule is Cc1nc(SCC(=O)Nc2cccc([N+](=O)[O-])c2)c2c3c(sc2n1)CCCC3. The maximum Gasteiger partial charge on any atom is 0.271 e. The largest absolute Gasteiger partial charge is 0.325 e. The molecule has 1 N–H and O–H groups in total. The summed E-state index contributed by atoms with van der Waals surface area (Å²) >= 11 is 3.13. The first-order valence-electron chi connectivity index (χ1n) is 8.97. The van der Waals surface area contributed by atoms with Gasteiger partial charge in [-0.15, -0.1) is 11.3 Å². The van der Waals surface area contributed by atoms with Gasteiger partial charge in [0, 0.05) is 28.1 Å². The predicted molar refractivity (Wildman–Crippen MR) is 111 cm³/mol. The van der Waals surface area contributed by atoms with E-state index in [1.807, 2.05) is 6.92 Å². The number of nitrogens with one attached hydrogen (secondary N) is 1. The highest BCUT2D eigenvalue weighted by Gasteiger charge is 2.21. The molecule has 0 aliphatic heterocycles. The zero-order valence-electron chi connectivity index (χ0n) is 15.2. The van der Waals surface area contributed by atoms with Crippen molar-refractivity contribution in [1.82, 2.24) is 9.97 Å². The van der Waals surface area contributed by atoms with Crippen LogP contribution in [-0.2, 0) is 17.6 Å². The number of aromatic nitrogens is 2. The number of non-ortho nitro benzene ring substituents is 1. The fraction of sp³-hybridized carbons (Fsp3) is 0.316. The average molecular weight is 415 g/mol. The van der Waals surface area contributed by atoms with Crippen molar-refractivity contribution in [3.05, 3.63) is 50.6 Å². The number of nitro groups is 1. The number of hydrogen-bond donors (Lipinski definition) is 1. The van der Waals surface area contributed by atoms with Gasteiger partial charge in [-0.3, -0.25) is 14.9 Å². The molecule has 0 bridgehead atoms. The molecular formula is C19H18N4O3S2. The highest BCUT2D eigenvalue weighted by Crippen LogP contribution is 2.39. The molecule has 0 fully saturated rings. The first-order valence-corrected chi connectivity index (χ1v) is 10.8. The molecule has 144 valence electrons. The zero-order valence-corrected chi connectivity index (χ0v) is 16.9. The van der Waals surface area contributed by atoms with Crippen molar-refractivity contribution in [2.75, 3.05) is 11.1 Å². The lowest BCUT2D eigenvalue weighted by Gasteiger charge is -2.12. The number of nitro benzene ring substituents is 1. The number of benzene rings is 1. The van der Waals surface area contributed by atoms with Gasteiger partial charge >= 0.3 is 0 Å². The third kappa shape index (κ3) is 3.85. The van der Waals surface area contributed by atoms with E-state index >= 15 is 0 Å². The predicted octanol–water partition coefficient (Wildman–Crippen LogP) is 4.52. The molecule has 2 aromatic heterocycles. The molecule has 28 heavy (non-hydrogen) atoms. The van der Waals surface area contributed by atoms with E-state index in [2.05, 4.69) is 15.3 Å². The number of aryl methyl sites for hydroxylation is 3. The Morgan fingerprint density at radius 2 is 2.14 bits per heavy atom. The van der Waals surface area contributed by atoms with Gasteiger partial charge in [-0.1, -0.05) is 17.8 Å². The van der Waals surface area contributed by atoms with Crippen LogP contribution in [0.2, 0.25) is 0 Å². The van der Waals surface area contributed by atoms with Gasteiger partial charge in [-0.25, -0.2) is 9.97 Å². The summed E-state index contributed by atoms with van der Waals surface area (Å²) in [6.07, 6.45) is 4.51. The Labute approximate surface area is 169 Å². The Hall–Kier alpha value is -2.52. The molecule has 2 heterocycles. The van der Waals surface area contributed by atoms with E-state index in [1.165, 1.54) is 47.2 Å². The molecule has 1 amide bonds. The van der Waals surface area contributed by atoms with E-state index in [9.17, 15) is 14.9 Å². The van der Waals surface area contributed by atoms with Crippen LogP contribution in [0.1, 0.15) is 29.1 Å². The molecule has 1 aliphatic carbocycles. The third-order valence-corrected chi connectivity index (χ3v) is 6.74. The van der Waals surface area contributed by atoms with Gasteiger partial charge in [-0.05, 0) is 44.2 Å². The van der Waals surface area contributed by atoms with Gasteiger partial charge in [-0.2, -0.15) is 0 Å². The van der Waals surface area contributed by atoms with Crippen LogP contribution in [0.25, 0.3) is 10.2 Å². The molecule has 4 rings (SSSR count). The molecular weight excluding hydrogens is 396 g/mol. The molecule has 0 spiro atoms. The monoisotopic (exact) mass is 414 g/mol. The fourth-order valence-electron chi connectivity index (χ4n) is 3.36. The molecule has 0 atom stereocenters. The van der Waals surface area contributed by atoms with Crippen LogP contribution in [0.3, 0.4) is 0 Å².